The van der Waals surface area contributed by atoms with Gasteiger partial charge < -0.3 is 37.2 Å². The van der Waals surface area contributed by atoms with E-state index in [0.29, 0.717) is 0 Å². The summed E-state index contributed by atoms with van der Waals surface area (Å²) in [6.45, 7) is 4.89. The minimum atomic E-state index is -1.59. The number of hydrogen-bond acceptors (Lipinski definition) is 0. The molecular weight excluding hydrogens is 411 g/mol. The van der Waals surface area contributed by atoms with Crippen molar-refractivity contribution in [1.82, 2.24) is 0 Å². The summed E-state index contributed by atoms with van der Waals surface area (Å²) in [6, 6.07) is 11.4. The van der Waals surface area contributed by atoms with Crippen molar-refractivity contribution in [2.45, 2.75) is 57.5 Å². The topological polar surface area (TPSA) is 0 Å². The molecule has 1 aromatic carbocycles. The molecule has 1 unspecified atom stereocenters. The van der Waals surface area contributed by atoms with Crippen molar-refractivity contribution in [2.24, 2.45) is 0 Å². The number of halogens is 3. The second-order valence-electron chi connectivity index (χ2n) is 6.53. The molecule has 2 aliphatic carbocycles. The average molecular weight is 436 g/mol. The Morgan fingerprint density at radius 3 is 2.04 bits per heavy atom. The van der Waals surface area contributed by atoms with Crippen molar-refractivity contribution in [2.75, 3.05) is 0 Å². The van der Waals surface area contributed by atoms with Crippen molar-refractivity contribution in [3.63, 3.8) is 0 Å². The van der Waals surface area contributed by atoms with Crippen LogP contribution in [0.15, 0.2) is 47.2 Å². The van der Waals surface area contributed by atoms with Crippen LogP contribution in [0.2, 0.25) is 12.1 Å². The molecule has 1 saturated carbocycles. The van der Waals surface area contributed by atoms with Crippen molar-refractivity contribution in [3.05, 3.63) is 53.3 Å². The molecule has 0 nitrogen and oxygen atoms in total. The summed E-state index contributed by atoms with van der Waals surface area (Å²) in [4.78, 5) is 0. The molecule has 0 bridgehead atoms. The van der Waals surface area contributed by atoms with Gasteiger partial charge >= 0.3 is 21.7 Å². The second kappa shape index (κ2) is 12.0. The smallest absolute Gasteiger partial charge is 1.00 e. The summed E-state index contributed by atoms with van der Waals surface area (Å²) in [5, 5.41) is 3.30. The van der Waals surface area contributed by atoms with Crippen molar-refractivity contribution < 1.29 is 58.9 Å². The predicted octanol–water partition coefficient (Wildman–Crippen LogP) is -4.07. The van der Waals surface area contributed by atoms with Crippen LogP contribution in [-0.2, 0) is 21.7 Å². The first-order valence-corrected chi connectivity index (χ1v) is 10.6. The van der Waals surface area contributed by atoms with E-state index < -0.39 is 8.07 Å². The predicted molar refractivity (Wildman–Crippen MR) is 89.7 cm³/mol. The molecular formula is C19H25Cl3SiTi. The van der Waals surface area contributed by atoms with E-state index in [-0.39, 0.29) is 58.9 Å². The number of rotatable bonds is 3. The molecule has 0 N–H and O–H groups in total. The van der Waals surface area contributed by atoms with Gasteiger partial charge in [-0.25, -0.2) is 5.57 Å². The summed E-state index contributed by atoms with van der Waals surface area (Å²) >= 11 is 0. The van der Waals surface area contributed by atoms with Crippen LogP contribution < -0.4 is 42.4 Å². The average Bonchev–Trinajstić information content (AvgIpc) is 2.95. The fourth-order valence-corrected chi connectivity index (χ4v) is 9.30. The molecule has 1 aromatic rings. The van der Waals surface area contributed by atoms with E-state index in [4.69, 9.17) is 0 Å². The zero-order valence-electron chi connectivity index (χ0n) is 14.4. The first-order chi connectivity index (χ1) is 9.73. The van der Waals surface area contributed by atoms with Gasteiger partial charge in [0.1, 0.15) is 0 Å². The van der Waals surface area contributed by atoms with Gasteiger partial charge in [0.2, 0.25) is 0 Å². The van der Waals surface area contributed by atoms with Gasteiger partial charge in [0.25, 0.3) is 0 Å². The van der Waals surface area contributed by atoms with E-state index in [0.717, 1.165) is 12.0 Å². The van der Waals surface area contributed by atoms with Gasteiger partial charge in [0.05, 0.1) is 0 Å². The molecule has 1 fully saturated rings. The molecule has 0 aliphatic heterocycles. The molecule has 0 aromatic heterocycles. The maximum absolute atomic E-state index is 3.54. The summed E-state index contributed by atoms with van der Waals surface area (Å²) < 4.78 is 0. The quantitative estimate of drug-likeness (QED) is 0.335. The van der Waals surface area contributed by atoms with Crippen molar-refractivity contribution >= 4 is 13.3 Å². The minimum absolute atomic E-state index is 0. The summed E-state index contributed by atoms with van der Waals surface area (Å²) in [5.41, 5.74) is 2.35. The Hall–Kier alpha value is 0.501. The fraction of sp³-hybridized carbons (Fsp3) is 0.474. The van der Waals surface area contributed by atoms with Crippen LogP contribution >= 0.6 is 0 Å². The van der Waals surface area contributed by atoms with Crippen LogP contribution in [0.1, 0.15) is 45.4 Å². The Kier molecular flexibility index (Phi) is 13.4. The Labute approximate surface area is 182 Å². The maximum Gasteiger partial charge on any atom is 4.00 e. The Balaban J connectivity index is 0. The Bertz CT molecular complexity index is 539. The number of benzene rings is 1. The number of allylic oxidation sites excluding steroid dienone is 4. The molecule has 0 heterocycles. The number of hydrogen-bond donors (Lipinski definition) is 0. The zero-order valence-corrected chi connectivity index (χ0v) is 19.2. The SMILES string of the molecule is CC1=[C-]CC=C1[Si](C)(c1ccccc1)C1CCCCC1.[Cl-].[Cl-].[Cl-].[Ti+4]. The van der Waals surface area contributed by atoms with Crippen molar-refractivity contribution in [1.29, 1.82) is 0 Å². The summed E-state index contributed by atoms with van der Waals surface area (Å²) in [6.07, 6.45) is 14.2. The molecule has 24 heavy (non-hydrogen) atoms. The molecule has 0 amide bonds. The molecule has 0 spiro atoms. The summed E-state index contributed by atoms with van der Waals surface area (Å²) in [7, 11) is -1.59. The van der Waals surface area contributed by atoms with Gasteiger partial charge in [-0.1, -0.05) is 86.6 Å². The molecule has 130 valence electrons. The summed E-state index contributed by atoms with van der Waals surface area (Å²) in [5.74, 6) is 0. The van der Waals surface area contributed by atoms with Crippen LogP contribution in [0, 0.1) is 6.08 Å². The monoisotopic (exact) mass is 434 g/mol. The fourth-order valence-electron chi connectivity index (χ4n) is 4.23. The first kappa shape index (κ1) is 26.7. The van der Waals surface area contributed by atoms with E-state index in [2.05, 4.69) is 56.0 Å². The van der Waals surface area contributed by atoms with Crippen LogP contribution in [0.4, 0.5) is 0 Å². The van der Waals surface area contributed by atoms with Crippen LogP contribution in [0.5, 0.6) is 0 Å². The van der Waals surface area contributed by atoms with Gasteiger partial charge in [-0.2, -0.15) is 11.3 Å². The Morgan fingerprint density at radius 2 is 1.54 bits per heavy atom. The van der Waals surface area contributed by atoms with Gasteiger partial charge in [-0.15, -0.1) is 6.42 Å². The van der Waals surface area contributed by atoms with Gasteiger partial charge in [0, 0.05) is 8.07 Å². The normalized spacial score (nSPS) is 19.2. The van der Waals surface area contributed by atoms with E-state index in [1.807, 2.05) is 0 Å². The molecule has 5 heteroatoms. The van der Waals surface area contributed by atoms with Crippen LogP contribution in [0.3, 0.4) is 0 Å². The maximum atomic E-state index is 3.54. The molecule has 1 atom stereocenters. The third kappa shape index (κ3) is 5.25. The van der Waals surface area contributed by atoms with E-state index in [1.165, 1.54) is 37.7 Å². The molecule has 2 aliphatic rings. The van der Waals surface area contributed by atoms with Gasteiger partial charge in [-0.3, -0.25) is 6.08 Å². The second-order valence-corrected chi connectivity index (χ2v) is 10.9. The van der Waals surface area contributed by atoms with E-state index in [9.17, 15) is 0 Å². The largest absolute Gasteiger partial charge is 4.00 e. The minimum Gasteiger partial charge on any atom is -1.00 e. The van der Waals surface area contributed by atoms with Crippen LogP contribution in [0.25, 0.3) is 0 Å². The molecule has 3 rings (SSSR count). The first-order valence-electron chi connectivity index (χ1n) is 8.07. The van der Waals surface area contributed by atoms with E-state index >= 15 is 0 Å². The van der Waals surface area contributed by atoms with Crippen LogP contribution in [-0.4, -0.2) is 8.07 Å². The van der Waals surface area contributed by atoms with Gasteiger partial charge in [0.15, 0.2) is 0 Å². The Morgan fingerprint density at radius 1 is 0.958 bits per heavy atom. The van der Waals surface area contributed by atoms with Crippen molar-refractivity contribution in [3.8, 4) is 0 Å². The van der Waals surface area contributed by atoms with Gasteiger partial charge in [-0.05, 0) is 0 Å². The third-order valence-corrected chi connectivity index (χ3v) is 10.9. The molecule has 0 saturated heterocycles. The van der Waals surface area contributed by atoms with E-state index in [1.54, 1.807) is 10.4 Å². The zero-order chi connectivity index (χ0) is 14.0. The standard InChI is InChI=1S/C19H25Si.3ClH.Ti/c1-16-10-9-15-19(16)20(2,17-11-5-3-6-12-17)18-13-7-4-8-14-18;;;;/h3,5-6,11-12,15,18H,4,7-9,13-14H2,1-2H3;3*1H;/q-1;;;;+4/p-3. The third-order valence-electron chi connectivity index (χ3n) is 5.43. The molecule has 0 radical (unpaired) electrons.